The van der Waals surface area contributed by atoms with Gasteiger partial charge in [-0.25, -0.2) is 4.39 Å². The molecular formula is C19H25ClFN3O2S. The molecule has 1 aromatic rings. The van der Waals surface area contributed by atoms with Gasteiger partial charge in [-0.15, -0.1) is 11.8 Å². The van der Waals surface area contributed by atoms with Crippen molar-refractivity contribution >= 4 is 35.2 Å². The van der Waals surface area contributed by atoms with Crippen molar-refractivity contribution in [1.29, 1.82) is 0 Å². The van der Waals surface area contributed by atoms with Crippen molar-refractivity contribution in [1.82, 2.24) is 15.1 Å². The van der Waals surface area contributed by atoms with Crippen LogP contribution < -0.4 is 5.32 Å². The summed E-state index contributed by atoms with van der Waals surface area (Å²) in [6.45, 7) is 5.08. The Kier molecular flexibility index (Phi) is 7.00. The number of rotatable bonds is 5. The summed E-state index contributed by atoms with van der Waals surface area (Å²) in [4.78, 5) is 28.9. The number of hydrogen-bond acceptors (Lipinski definition) is 4. The minimum absolute atomic E-state index is 0.0892. The second-order valence-electron chi connectivity index (χ2n) is 7.16. The van der Waals surface area contributed by atoms with Crippen molar-refractivity contribution in [2.24, 2.45) is 5.92 Å². The van der Waals surface area contributed by atoms with Crippen molar-refractivity contribution in [3.63, 3.8) is 0 Å². The first-order chi connectivity index (χ1) is 12.9. The zero-order valence-corrected chi connectivity index (χ0v) is 17.0. The maximum absolute atomic E-state index is 13.4. The van der Waals surface area contributed by atoms with E-state index in [1.165, 1.54) is 18.2 Å². The van der Waals surface area contributed by atoms with E-state index in [9.17, 15) is 14.0 Å². The molecule has 2 saturated heterocycles. The molecule has 1 unspecified atom stereocenters. The molecule has 0 radical (unpaired) electrons. The largest absolute Gasteiger partial charge is 0.352 e. The molecule has 1 atom stereocenters. The minimum atomic E-state index is -0.518. The number of halogens is 2. The second kappa shape index (κ2) is 9.26. The first-order valence-corrected chi connectivity index (χ1v) is 10.8. The smallest absolute Gasteiger partial charge is 0.251 e. The Hall–Kier alpha value is -1.31. The molecule has 3 rings (SSSR count). The van der Waals surface area contributed by atoms with E-state index in [1.54, 1.807) is 11.8 Å². The average molecular weight is 414 g/mol. The number of carbonyl (C=O) groups excluding carboxylic acids is 2. The monoisotopic (exact) mass is 413 g/mol. The van der Waals surface area contributed by atoms with Crippen LogP contribution in [0.15, 0.2) is 18.2 Å². The van der Waals surface area contributed by atoms with E-state index in [2.05, 4.69) is 10.2 Å². The summed E-state index contributed by atoms with van der Waals surface area (Å²) in [7, 11) is 0. The number of benzene rings is 1. The van der Waals surface area contributed by atoms with Crippen molar-refractivity contribution in [2.45, 2.75) is 25.8 Å². The molecule has 27 heavy (non-hydrogen) atoms. The molecule has 1 N–H and O–H groups in total. The molecule has 8 heteroatoms. The standard InChI is InChI=1S/C19H25ClFN3O2S/c1-13(19(26)24-6-7-27-12-24)23-4-2-14(3-5-23)11-22-18(25)15-8-16(20)10-17(21)9-15/h8-10,13-14H,2-7,11-12H2,1H3,(H,22,25). The third kappa shape index (κ3) is 5.36. The predicted molar refractivity (Wildman–Crippen MR) is 107 cm³/mol. The molecule has 0 spiro atoms. The van der Waals surface area contributed by atoms with Gasteiger partial charge in [0.15, 0.2) is 0 Å². The number of likely N-dealkylation sites (tertiary alicyclic amines) is 1. The summed E-state index contributed by atoms with van der Waals surface area (Å²) in [5, 5.41) is 3.09. The Balaban J connectivity index is 1.44. The normalized spacial score (nSPS) is 19.9. The number of thioether (sulfide) groups is 1. The minimum Gasteiger partial charge on any atom is -0.352 e. The van der Waals surface area contributed by atoms with Crippen LogP contribution in [-0.2, 0) is 4.79 Å². The van der Waals surface area contributed by atoms with E-state index in [1.807, 2.05) is 11.8 Å². The number of hydrogen-bond donors (Lipinski definition) is 1. The first kappa shape index (κ1) is 20.4. The molecule has 0 aromatic heterocycles. The number of amides is 2. The highest BCUT2D eigenvalue weighted by Crippen LogP contribution is 2.22. The van der Waals surface area contributed by atoms with Crippen LogP contribution in [0.2, 0.25) is 5.02 Å². The topological polar surface area (TPSA) is 52.7 Å². The highest BCUT2D eigenvalue weighted by molar-refractivity contribution is 7.99. The molecule has 2 fully saturated rings. The maximum atomic E-state index is 13.4. The van der Waals surface area contributed by atoms with E-state index in [0.29, 0.717) is 12.5 Å². The van der Waals surface area contributed by atoms with Gasteiger partial charge in [0.25, 0.3) is 5.91 Å². The lowest BCUT2D eigenvalue weighted by Crippen LogP contribution is -2.49. The van der Waals surface area contributed by atoms with Gasteiger partial charge < -0.3 is 10.2 Å². The van der Waals surface area contributed by atoms with E-state index in [0.717, 1.165) is 44.1 Å². The number of piperidine rings is 1. The summed E-state index contributed by atoms with van der Waals surface area (Å²) >= 11 is 7.60. The molecule has 0 bridgehead atoms. The highest BCUT2D eigenvalue weighted by Gasteiger charge is 2.30. The van der Waals surface area contributed by atoms with Crippen LogP contribution in [0.5, 0.6) is 0 Å². The Morgan fingerprint density at radius 2 is 2.04 bits per heavy atom. The maximum Gasteiger partial charge on any atom is 0.251 e. The number of nitrogens with one attached hydrogen (secondary N) is 1. The van der Waals surface area contributed by atoms with Gasteiger partial charge in [-0.1, -0.05) is 11.6 Å². The molecule has 2 aliphatic heterocycles. The molecule has 2 heterocycles. The zero-order valence-electron chi connectivity index (χ0n) is 15.4. The van der Waals surface area contributed by atoms with Gasteiger partial charge in [0, 0.05) is 29.4 Å². The molecule has 2 aliphatic rings. The first-order valence-electron chi connectivity index (χ1n) is 9.29. The molecule has 1 aromatic carbocycles. The lowest BCUT2D eigenvalue weighted by atomic mass is 9.95. The van der Waals surface area contributed by atoms with Crippen molar-refractivity contribution in [3.05, 3.63) is 34.6 Å². The molecule has 2 amide bonds. The highest BCUT2D eigenvalue weighted by atomic mass is 35.5. The van der Waals surface area contributed by atoms with Crippen LogP contribution in [0.25, 0.3) is 0 Å². The number of nitrogens with zero attached hydrogens (tertiary/aromatic N) is 2. The molecule has 0 aliphatic carbocycles. The zero-order chi connectivity index (χ0) is 19.4. The lowest BCUT2D eigenvalue weighted by molar-refractivity contribution is -0.135. The Bertz CT molecular complexity index is 671. The van der Waals surface area contributed by atoms with Crippen molar-refractivity contribution in [2.75, 3.05) is 37.8 Å². The summed E-state index contributed by atoms with van der Waals surface area (Å²) in [6.07, 6.45) is 1.85. The van der Waals surface area contributed by atoms with E-state index in [-0.39, 0.29) is 28.4 Å². The molecular weight excluding hydrogens is 389 g/mol. The van der Waals surface area contributed by atoms with Crippen LogP contribution in [0.4, 0.5) is 4.39 Å². The number of carbonyl (C=O) groups is 2. The van der Waals surface area contributed by atoms with Crippen molar-refractivity contribution in [3.8, 4) is 0 Å². The van der Waals surface area contributed by atoms with Crippen LogP contribution in [0.3, 0.4) is 0 Å². The SMILES string of the molecule is CC(C(=O)N1CCSC1)N1CCC(CNC(=O)c2cc(F)cc(Cl)c2)CC1. The van der Waals surface area contributed by atoms with Gasteiger partial charge in [0.2, 0.25) is 5.91 Å². The van der Waals surface area contributed by atoms with E-state index in [4.69, 9.17) is 11.6 Å². The predicted octanol–water partition coefficient (Wildman–Crippen LogP) is 2.84. The quantitative estimate of drug-likeness (QED) is 0.806. The summed E-state index contributed by atoms with van der Waals surface area (Å²) in [5.74, 6) is 1.57. The molecule has 148 valence electrons. The van der Waals surface area contributed by atoms with Gasteiger partial charge in [-0.2, -0.15) is 0 Å². The van der Waals surface area contributed by atoms with Crippen LogP contribution >= 0.6 is 23.4 Å². The average Bonchev–Trinajstić information content (AvgIpc) is 3.19. The summed E-state index contributed by atoms with van der Waals surface area (Å²) in [6, 6.07) is 3.74. The third-order valence-electron chi connectivity index (χ3n) is 5.29. The second-order valence-corrected chi connectivity index (χ2v) is 8.67. The molecule has 5 nitrogen and oxygen atoms in total. The third-order valence-corrected chi connectivity index (χ3v) is 6.48. The van der Waals surface area contributed by atoms with Crippen LogP contribution in [0.1, 0.15) is 30.1 Å². The van der Waals surface area contributed by atoms with E-state index >= 15 is 0 Å². The fourth-order valence-corrected chi connectivity index (χ4v) is 4.75. The van der Waals surface area contributed by atoms with Gasteiger partial charge in [0.05, 0.1) is 11.9 Å². The fraction of sp³-hybridized carbons (Fsp3) is 0.579. The van der Waals surface area contributed by atoms with Crippen LogP contribution in [-0.4, -0.2) is 65.5 Å². The van der Waals surface area contributed by atoms with Crippen LogP contribution in [0, 0.1) is 11.7 Å². The van der Waals surface area contributed by atoms with Crippen molar-refractivity contribution < 1.29 is 14.0 Å². The van der Waals surface area contributed by atoms with Gasteiger partial charge in [-0.05, 0) is 57.0 Å². The summed E-state index contributed by atoms with van der Waals surface area (Å²) < 4.78 is 13.4. The summed E-state index contributed by atoms with van der Waals surface area (Å²) in [5.41, 5.74) is 0.236. The molecule has 0 saturated carbocycles. The Morgan fingerprint density at radius 1 is 1.30 bits per heavy atom. The van der Waals surface area contributed by atoms with Gasteiger partial charge in [0.1, 0.15) is 5.82 Å². The Morgan fingerprint density at radius 3 is 2.67 bits per heavy atom. The van der Waals surface area contributed by atoms with E-state index < -0.39 is 5.82 Å². The van der Waals surface area contributed by atoms with Gasteiger partial charge >= 0.3 is 0 Å². The van der Waals surface area contributed by atoms with Gasteiger partial charge in [-0.3, -0.25) is 14.5 Å². The Labute approximate surface area is 168 Å². The lowest BCUT2D eigenvalue weighted by Gasteiger charge is -2.36. The fourth-order valence-electron chi connectivity index (χ4n) is 3.58.